The molecule has 21 heavy (non-hydrogen) atoms. The topological polar surface area (TPSA) is 64.7 Å². The van der Waals surface area contributed by atoms with Gasteiger partial charge in [-0.05, 0) is 12.0 Å². The average Bonchev–Trinajstić information content (AvgIpc) is 2.75. The van der Waals surface area contributed by atoms with Gasteiger partial charge in [0, 0.05) is 32.6 Å². The molecule has 0 aliphatic carbocycles. The van der Waals surface area contributed by atoms with Crippen LogP contribution in [0.25, 0.3) is 0 Å². The minimum absolute atomic E-state index is 0.104. The fourth-order valence-electron chi connectivity index (χ4n) is 2.61. The van der Waals surface area contributed by atoms with Gasteiger partial charge in [-0.15, -0.1) is 0 Å². The molecule has 1 N–H and O–H groups in total. The van der Waals surface area contributed by atoms with E-state index in [1.54, 1.807) is 10.7 Å². The third-order valence-corrected chi connectivity index (χ3v) is 4.26. The number of nitrogens with one attached hydrogen (secondary N) is 1. The van der Waals surface area contributed by atoms with Crippen molar-refractivity contribution in [3.8, 4) is 0 Å². The lowest BCUT2D eigenvalue weighted by atomic mass is 10.1. The number of rotatable bonds is 3. The highest BCUT2D eigenvalue weighted by Crippen LogP contribution is 2.21. The molecule has 6 nitrogen and oxygen atoms in total. The number of aryl methyl sites for hydroxylation is 2. The Labute approximate surface area is 127 Å². The molecule has 0 radical (unpaired) electrons. The first-order valence-corrected chi connectivity index (χ1v) is 7.48. The van der Waals surface area contributed by atoms with Gasteiger partial charge < -0.3 is 5.32 Å². The summed E-state index contributed by atoms with van der Waals surface area (Å²) in [5.41, 5.74) is 3.55. The molecule has 1 aliphatic rings. The van der Waals surface area contributed by atoms with Crippen LogP contribution >= 0.6 is 11.6 Å². The van der Waals surface area contributed by atoms with E-state index in [0.29, 0.717) is 18.1 Å². The summed E-state index contributed by atoms with van der Waals surface area (Å²) in [5.74, 6) is 0. The van der Waals surface area contributed by atoms with Crippen LogP contribution < -0.4 is 10.9 Å². The van der Waals surface area contributed by atoms with E-state index < -0.39 is 0 Å². The molecule has 2 aromatic heterocycles. The normalized spacial score (nSPS) is 14.2. The zero-order chi connectivity index (χ0) is 15.0. The second kappa shape index (κ2) is 5.61. The zero-order valence-corrected chi connectivity index (χ0v) is 12.9. The average molecular weight is 308 g/mol. The molecule has 112 valence electrons. The third-order valence-electron chi connectivity index (χ3n) is 3.82. The van der Waals surface area contributed by atoms with Crippen LogP contribution in [-0.2, 0) is 33.0 Å². The fraction of sp³-hybridized carbons (Fsp3) is 0.500. The van der Waals surface area contributed by atoms with Crippen LogP contribution in [0.1, 0.15) is 29.6 Å². The lowest BCUT2D eigenvalue weighted by Crippen LogP contribution is -2.32. The molecule has 0 saturated carbocycles. The minimum Gasteiger partial charge on any atom is -0.312 e. The van der Waals surface area contributed by atoms with Crippen molar-refractivity contribution in [2.75, 3.05) is 6.54 Å². The van der Waals surface area contributed by atoms with Gasteiger partial charge in [-0.25, -0.2) is 4.68 Å². The summed E-state index contributed by atoms with van der Waals surface area (Å²) in [6.07, 6.45) is 1.61. The summed E-state index contributed by atoms with van der Waals surface area (Å²) in [6.45, 7) is 3.96. The van der Waals surface area contributed by atoms with E-state index in [2.05, 4.69) is 15.5 Å². The summed E-state index contributed by atoms with van der Waals surface area (Å²) in [4.78, 5) is 12.2. The highest BCUT2D eigenvalue weighted by molar-refractivity contribution is 6.31. The predicted octanol–water partition coefficient (Wildman–Crippen LogP) is 0.887. The highest BCUT2D eigenvalue weighted by atomic mass is 35.5. The summed E-state index contributed by atoms with van der Waals surface area (Å²) in [6, 6.07) is 1.67. The number of aromatic nitrogens is 4. The number of nitrogens with zero attached hydrogens (tertiary/aromatic N) is 4. The number of hydrogen-bond acceptors (Lipinski definition) is 4. The van der Waals surface area contributed by atoms with Gasteiger partial charge in [0.2, 0.25) is 0 Å². The number of hydrogen-bond donors (Lipinski definition) is 1. The van der Waals surface area contributed by atoms with Gasteiger partial charge in [0.1, 0.15) is 0 Å². The van der Waals surface area contributed by atoms with Gasteiger partial charge in [-0.3, -0.25) is 9.48 Å². The summed E-state index contributed by atoms with van der Waals surface area (Å²) in [7, 11) is 1.84. The van der Waals surface area contributed by atoms with E-state index in [-0.39, 0.29) is 5.56 Å². The summed E-state index contributed by atoms with van der Waals surface area (Å²) >= 11 is 6.34. The van der Waals surface area contributed by atoms with Gasteiger partial charge in [-0.2, -0.15) is 10.2 Å². The number of fused-ring (bicyclic) bond motifs is 1. The smallest absolute Gasteiger partial charge is 0.267 e. The van der Waals surface area contributed by atoms with Crippen LogP contribution in [0, 0.1) is 0 Å². The first-order chi connectivity index (χ1) is 10.1. The second-order valence-corrected chi connectivity index (χ2v) is 5.60. The van der Waals surface area contributed by atoms with E-state index in [0.717, 1.165) is 42.0 Å². The molecule has 0 bridgehead atoms. The van der Waals surface area contributed by atoms with Crippen LogP contribution in [0.2, 0.25) is 5.02 Å². The molecule has 0 spiro atoms. The maximum Gasteiger partial charge on any atom is 0.267 e. The molecule has 0 saturated heterocycles. The van der Waals surface area contributed by atoms with E-state index in [9.17, 15) is 4.79 Å². The fourth-order valence-corrected chi connectivity index (χ4v) is 2.96. The Kier molecular flexibility index (Phi) is 3.82. The van der Waals surface area contributed by atoms with Gasteiger partial charge in [0.05, 0.1) is 28.6 Å². The molecule has 0 unspecified atom stereocenters. The summed E-state index contributed by atoms with van der Waals surface area (Å²) < 4.78 is 3.21. The monoisotopic (exact) mass is 307 g/mol. The third kappa shape index (κ3) is 2.61. The molecule has 3 heterocycles. The largest absolute Gasteiger partial charge is 0.312 e. The Bertz CT molecular complexity index is 734. The Balaban J connectivity index is 1.99. The van der Waals surface area contributed by atoms with Crippen molar-refractivity contribution in [2.24, 2.45) is 7.05 Å². The SMILES string of the molecule is CCc1nn(C)c(Cn2nc3c(cc2=O)CNCC3)c1Cl. The van der Waals surface area contributed by atoms with Crippen molar-refractivity contribution in [1.29, 1.82) is 0 Å². The van der Waals surface area contributed by atoms with Crippen LogP contribution in [0.5, 0.6) is 0 Å². The van der Waals surface area contributed by atoms with Crippen molar-refractivity contribution in [2.45, 2.75) is 32.9 Å². The number of halogens is 1. The van der Waals surface area contributed by atoms with Crippen LogP contribution in [0.4, 0.5) is 0 Å². The van der Waals surface area contributed by atoms with Gasteiger partial charge in [-0.1, -0.05) is 18.5 Å². The molecular weight excluding hydrogens is 290 g/mol. The first kappa shape index (κ1) is 14.3. The van der Waals surface area contributed by atoms with Crippen molar-refractivity contribution in [3.63, 3.8) is 0 Å². The maximum atomic E-state index is 12.2. The zero-order valence-electron chi connectivity index (χ0n) is 12.2. The predicted molar refractivity (Wildman–Crippen MR) is 80.6 cm³/mol. The molecule has 2 aromatic rings. The summed E-state index contributed by atoms with van der Waals surface area (Å²) in [5, 5.41) is 12.7. The molecule has 0 atom stereocenters. The van der Waals surface area contributed by atoms with Crippen molar-refractivity contribution in [1.82, 2.24) is 24.9 Å². The standard InChI is InChI=1S/C14H18ClN5O/c1-3-10-14(15)12(19(2)17-10)8-20-13(21)6-9-7-16-5-4-11(9)18-20/h6,16H,3-5,7-8H2,1-2H3. The van der Waals surface area contributed by atoms with E-state index in [4.69, 9.17) is 11.6 Å². The Morgan fingerprint density at radius 3 is 2.95 bits per heavy atom. The Morgan fingerprint density at radius 2 is 2.24 bits per heavy atom. The van der Waals surface area contributed by atoms with Crippen LogP contribution in [0.15, 0.2) is 10.9 Å². The molecular formula is C14H18ClN5O. The lowest BCUT2D eigenvalue weighted by Gasteiger charge is -2.17. The molecule has 0 fully saturated rings. The van der Waals surface area contributed by atoms with Crippen molar-refractivity contribution < 1.29 is 0 Å². The van der Waals surface area contributed by atoms with Crippen LogP contribution in [-0.4, -0.2) is 26.1 Å². The van der Waals surface area contributed by atoms with E-state index in [1.807, 2.05) is 14.0 Å². The quantitative estimate of drug-likeness (QED) is 0.914. The van der Waals surface area contributed by atoms with Gasteiger partial charge in [0.25, 0.3) is 5.56 Å². The van der Waals surface area contributed by atoms with Crippen molar-refractivity contribution >= 4 is 11.6 Å². The minimum atomic E-state index is -0.104. The van der Waals surface area contributed by atoms with E-state index >= 15 is 0 Å². The molecule has 7 heteroatoms. The maximum absolute atomic E-state index is 12.2. The molecule has 3 rings (SSSR count). The Morgan fingerprint density at radius 1 is 1.43 bits per heavy atom. The van der Waals surface area contributed by atoms with Gasteiger partial charge >= 0.3 is 0 Å². The molecule has 1 aliphatic heterocycles. The lowest BCUT2D eigenvalue weighted by molar-refractivity contribution is 0.545. The van der Waals surface area contributed by atoms with Gasteiger partial charge in [0.15, 0.2) is 0 Å². The Hall–Kier alpha value is -1.66. The second-order valence-electron chi connectivity index (χ2n) is 5.22. The highest BCUT2D eigenvalue weighted by Gasteiger charge is 2.17. The molecule has 0 aromatic carbocycles. The molecule has 0 amide bonds. The van der Waals surface area contributed by atoms with E-state index in [1.165, 1.54) is 4.68 Å². The van der Waals surface area contributed by atoms with Crippen molar-refractivity contribution in [3.05, 3.63) is 44.1 Å². The van der Waals surface area contributed by atoms with Crippen LogP contribution in [0.3, 0.4) is 0 Å². The first-order valence-electron chi connectivity index (χ1n) is 7.11.